The predicted octanol–water partition coefficient (Wildman–Crippen LogP) is 1.83. The summed E-state index contributed by atoms with van der Waals surface area (Å²) in [5, 5.41) is 8.43. The van der Waals surface area contributed by atoms with Crippen molar-refractivity contribution in [2.45, 2.75) is 19.7 Å². The molecule has 0 radical (unpaired) electrons. The lowest BCUT2D eigenvalue weighted by atomic mass is 10.1. The van der Waals surface area contributed by atoms with Crippen LogP contribution in [0.15, 0.2) is 24.3 Å². The monoisotopic (exact) mass is 154 g/mol. The van der Waals surface area contributed by atoms with Gasteiger partial charge in [-0.2, -0.15) is 0 Å². The van der Waals surface area contributed by atoms with E-state index in [9.17, 15) is 4.39 Å². The summed E-state index contributed by atoms with van der Waals surface area (Å²) in [5.74, 6) is 0. The van der Waals surface area contributed by atoms with Crippen molar-refractivity contribution in [2.24, 2.45) is 0 Å². The van der Waals surface area contributed by atoms with E-state index >= 15 is 0 Å². The summed E-state index contributed by atoms with van der Waals surface area (Å²) in [6, 6.07) is 7.46. The van der Waals surface area contributed by atoms with E-state index in [1.165, 1.54) is 0 Å². The highest BCUT2D eigenvalue weighted by Crippen LogP contribution is 2.06. The Kier molecular flexibility index (Phi) is 2.60. The van der Waals surface area contributed by atoms with Gasteiger partial charge in [0.05, 0.1) is 0 Å². The van der Waals surface area contributed by atoms with Crippen LogP contribution in [0, 0.1) is 6.92 Å². The molecule has 1 N–H and O–H groups in total. The molecule has 0 aliphatic carbocycles. The fourth-order valence-electron chi connectivity index (χ4n) is 1.03. The van der Waals surface area contributed by atoms with Crippen LogP contribution < -0.4 is 0 Å². The van der Waals surface area contributed by atoms with Gasteiger partial charge >= 0.3 is 0 Å². The van der Waals surface area contributed by atoms with Crippen LogP contribution in [0.1, 0.15) is 11.1 Å². The molecule has 0 amide bonds. The van der Waals surface area contributed by atoms with Crippen LogP contribution in [0.4, 0.5) is 4.39 Å². The first-order chi connectivity index (χ1) is 5.18. The number of rotatable bonds is 2. The molecule has 0 aliphatic rings. The molecule has 1 nitrogen and oxygen atoms in total. The zero-order valence-corrected chi connectivity index (χ0v) is 6.42. The zero-order valence-electron chi connectivity index (χ0n) is 6.42. The van der Waals surface area contributed by atoms with Crippen LogP contribution in [-0.4, -0.2) is 11.5 Å². The van der Waals surface area contributed by atoms with Crippen molar-refractivity contribution < 1.29 is 9.50 Å². The molecule has 1 aromatic rings. The van der Waals surface area contributed by atoms with Crippen molar-refractivity contribution in [2.75, 3.05) is 0 Å². The summed E-state index contributed by atoms with van der Waals surface area (Å²) in [4.78, 5) is 0. The maximum atomic E-state index is 12.1. The molecule has 0 aliphatic heterocycles. The van der Waals surface area contributed by atoms with Crippen molar-refractivity contribution in [3.8, 4) is 0 Å². The molecule has 0 aromatic heterocycles. The normalized spacial score (nSPS) is 13.0. The van der Waals surface area contributed by atoms with Gasteiger partial charge < -0.3 is 5.11 Å². The minimum Gasteiger partial charge on any atom is -0.364 e. The standard InChI is InChI=1S/C9H11FO/c1-7-3-2-4-8(5-7)6-9(10)11/h2-5,9,11H,6H2,1H3. The number of aliphatic hydroxyl groups excluding tert-OH is 1. The molecule has 2 heteroatoms. The molecule has 0 bridgehead atoms. The van der Waals surface area contributed by atoms with Gasteiger partial charge in [0.15, 0.2) is 6.36 Å². The molecule has 11 heavy (non-hydrogen) atoms. The Labute approximate surface area is 65.5 Å². The lowest BCUT2D eigenvalue weighted by Crippen LogP contribution is -2.01. The summed E-state index contributed by atoms with van der Waals surface area (Å²) in [7, 11) is 0. The third-order valence-corrected chi connectivity index (χ3v) is 1.49. The van der Waals surface area contributed by atoms with Gasteiger partial charge in [-0.3, -0.25) is 0 Å². The van der Waals surface area contributed by atoms with Crippen LogP contribution in [0.2, 0.25) is 0 Å². The van der Waals surface area contributed by atoms with E-state index in [1.807, 2.05) is 25.1 Å². The van der Waals surface area contributed by atoms with Gasteiger partial charge in [0.2, 0.25) is 0 Å². The first-order valence-electron chi connectivity index (χ1n) is 3.56. The molecule has 1 unspecified atom stereocenters. The number of halogens is 1. The van der Waals surface area contributed by atoms with E-state index < -0.39 is 6.36 Å². The van der Waals surface area contributed by atoms with E-state index in [0.717, 1.165) is 11.1 Å². The Balaban J connectivity index is 2.71. The second-order valence-electron chi connectivity index (χ2n) is 2.63. The van der Waals surface area contributed by atoms with Crippen LogP contribution in [0.25, 0.3) is 0 Å². The van der Waals surface area contributed by atoms with Gasteiger partial charge in [-0.05, 0) is 12.5 Å². The largest absolute Gasteiger partial charge is 0.364 e. The lowest BCUT2D eigenvalue weighted by Gasteiger charge is -2.01. The van der Waals surface area contributed by atoms with Gasteiger partial charge in [-0.25, -0.2) is 4.39 Å². The molecule has 0 spiro atoms. The van der Waals surface area contributed by atoms with Crippen molar-refractivity contribution in [3.63, 3.8) is 0 Å². The quantitative estimate of drug-likeness (QED) is 0.689. The fourth-order valence-corrected chi connectivity index (χ4v) is 1.03. The maximum absolute atomic E-state index is 12.1. The van der Waals surface area contributed by atoms with E-state index in [-0.39, 0.29) is 6.42 Å². The Hall–Kier alpha value is -0.890. The molecule has 1 rings (SSSR count). The van der Waals surface area contributed by atoms with Gasteiger partial charge in [0.1, 0.15) is 0 Å². The number of aryl methyl sites for hydroxylation is 1. The number of alkyl halides is 1. The Bertz CT molecular complexity index is 233. The van der Waals surface area contributed by atoms with Gasteiger partial charge in [-0.1, -0.05) is 29.8 Å². The van der Waals surface area contributed by atoms with Gasteiger partial charge in [-0.15, -0.1) is 0 Å². The fraction of sp³-hybridized carbons (Fsp3) is 0.333. The van der Waals surface area contributed by atoms with E-state index in [1.54, 1.807) is 6.07 Å². The van der Waals surface area contributed by atoms with E-state index in [0.29, 0.717) is 0 Å². The lowest BCUT2D eigenvalue weighted by molar-refractivity contribution is 0.0430. The van der Waals surface area contributed by atoms with Crippen LogP contribution in [-0.2, 0) is 6.42 Å². The molecule has 1 atom stereocenters. The molecule has 1 aromatic carbocycles. The number of hydrogen-bond donors (Lipinski definition) is 1. The van der Waals surface area contributed by atoms with Crippen LogP contribution >= 0.6 is 0 Å². The third-order valence-electron chi connectivity index (χ3n) is 1.49. The SMILES string of the molecule is Cc1cccc(CC(O)F)c1. The minimum absolute atomic E-state index is 0.0850. The second kappa shape index (κ2) is 3.49. The molecule has 0 fully saturated rings. The Morgan fingerprint density at radius 1 is 1.55 bits per heavy atom. The molecule has 0 saturated heterocycles. The highest BCUT2D eigenvalue weighted by atomic mass is 19.1. The third kappa shape index (κ3) is 2.68. The van der Waals surface area contributed by atoms with Crippen LogP contribution in [0.5, 0.6) is 0 Å². The minimum atomic E-state index is -1.74. The summed E-state index contributed by atoms with van der Waals surface area (Å²) in [6.45, 7) is 1.94. The molecule has 0 saturated carbocycles. The average molecular weight is 154 g/mol. The van der Waals surface area contributed by atoms with E-state index in [2.05, 4.69) is 0 Å². The molecular formula is C9H11FO. The van der Waals surface area contributed by atoms with Crippen molar-refractivity contribution in [1.29, 1.82) is 0 Å². The molecule has 0 heterocycles. The van der Waals surface area contributed by atoms with Crippen molar-refractivity contribution in [1.82, 2.24) is 0 Å². The average Bonchev–Trinajstić information content (AvgIpc) is 1.85. The molecular weight excluding hydrogens is 143 g/mol. The van der Waals surface area contributed by atoms with Gasteiger partial charge in [0, 0.05) is 6.42 Å². The van der Waals surface area contributed by atoms with Crippen molar-refractivity contribution in [3.05, 3.63) is 35.4 Å². The zero-order chi connectivity index (χ0) is 8.27. The smallest absolute Gasteiger partial charge is 0.200 e. The Morgan fingerprint density at radius 2 is 2.27 bits per heavy atom. The summed E-state index contributed by atoms with van der Waals surface area (Å²) >= 11 is 0. The molecule has 60 valence electrons. The highest BCUT2D eigenvalue weighted by molar-refractivity contribution is 5.22. The number of benzene rings is 1. The topological polar surface area (TPSA) is 20.2 Å². The van der Waals surface area contributed by atoms with Crippen LogP contribution in [0.3, 0.4) is 0 Å². The summed E-state index contributed by atoms with van der Waals surface area (Å²) in [5.41, 5.74) is 1.92. The maximum Gasteiger partial charge on any atom is 0.200 e. The number of hydrogen-bond acceptors (Lipinski definition) is 1. The highest BCUT2D eigenvalue weighted by Gasteiger charge is 2.00. The first kappa shape index (κ1) is 8.21. The summed E-state index contributed by atoms with van der Waals surface area (Å²) in [6.07, 6.45) is -1.65. The number of aliphatic hydroxyl groups is 1. The van der Waals surface area contributed by atoms with Crippen molar-refractivity contribution >= 4 is 0 Å². The summed E-state index contributed by atoms with van der Waals surface area (Å²) < 4.78 is 12.1. The van der Waals surface area contributed by atoms with E-state index in [4.69, 9.17) is 5.11 Å². The first-order valence-corrected chi connectivity index (χ1v) is 3.56. The van der Waals surface area contributed by atoms with Gasteiger partial charge in [0.25, 0.3) is 0 Å². The predicted molar refractivity (Wildman–Crippen MR) is 42.0 cm³/mol. The second-order valence-corrected chi connectivity index (χ2v) is 2.63. The Morgan fingerprint density at radius 3 is 2.82 bits per heavy atom.